The van der Waals surface area contributed by atoms with Crippen molar-refractivity contribution in [1.29, 1.82) is 0 Å². The Morgan fingerprint density at radius 3 is 1.55 bits per heavy atom. The van der Waals surface area contributed by atoms with Crippen LogP contribution < -0.4 is 0 Å². The number of hydrogen-bond acceptors (Lipinski definition) is 4. The summed E-state index contributed by atoms with van der Waals surface area (Å²) in [6.45, 7) is 0. The van der Waals surface area contributed by atoms with Crippen molar-refractivity contribution < 1.29 is 4.42 Å². The molecular formula is C43H27N3O. The second-order valence-electron chi connectivity index (χ2n) is 11.6. The fourth-order valence-electron chi connectivity index (χ4n) is 6.40. The van der Waals surface area contributed by atoms with Crippen LogP contribution in [0.25, 0.3) is 89.1 Å². The maximum atomic E-state index is 6.62. The van der Waals surface area contributed by atoms with Gasteiger partial charge < -0.3 is 4.42 Å². The number of hydrogen-bond donors (Lipinski definition) is 0. The van der Waals surface area contributed by atoms with Crippen LogP contribution in [0.2, 0.25) is 0 Å². The molecule has 0 fully saturated rings. The van der Waals surface area contributed by atoms with Crippen LogP contribution in [0, 0.1) is 0 Å². The van der Waals surface area contributed by atoms with Crippen molar-refractivity contribution in [3.05, 3.63) is 164 Å². The molecule has 4 heteroatoms. The van der Waals surface area contributed by atoms with Crippen molar-refractivity contribution in [1.82, 2.24) is 15.0 Å². The standard InChI is InChI=1S/C43H27N3O/c1-4-12-28(13-5-1)29-20-22-33(23-21-29)42-44-41(32-17-8-3-9-18-32)45-43(46-42)34-26-36(30-14-6-2-7-15-30)40-37(27-34)39-35-19-11-10-16-31(35)24-25-38(39)47-40/h1-27H. The van der Waals surface area contributed by atoms with Crippen molar-refractivity contribution in [2.45, 2.75) is 0 Å². The van der Waals surface area contributed by atoms with Crippen LogP contribution in [-0.2, 0) is 0 Å². The number of aromatic nitrogens is 3. The van der Waals surface area contributed by atoms with E-state index in [2.05, 4.69) is 121 Å². The van der Waals surface area contributed by atoms with Crippen molar-refractivity contribution in [2.24, 2.45) is 0 Å². The predicted octanol–water partition coefficient (Wildman–Crippen LogP) is 11.3. The number of fused-ring (bicyclic) bond motifs is 5. The van der Waals surface area contributed by atoms with E-state index in [9.17, 15) is 0 Å². The first-order valence-corrected chi connectivity index (χ1v) is 15.7. The molecule has 220 valence electrons. The highest BCUT2D eigenvalue weighted by Crippen LogP contribution is 2.42. The summed E-state index contributed by atoms with van der Waals surface area (Å²) in [5.41, 5.74) is 8.83. The van der Waals surface area contributed by atoms with E-state index < -0.39 is 0 Å². The summed E-state index contributed by atoms with van der Waals surface area (Å²) in [5.74, 6) is 1.86. The van der Waals surface area contributed by atoms with E-state index in [1.54, 1.807) is 0 Å². The van der Waals surface area contributed by atoms with Crippen molar-refractivity contribution >= 4 is 32.7 Å². The smallest absolute Gasteiger partial charge is 0.164 e. The monoisotopic (exact) mass is 601 g/mol. The lowest BCUT2D eigenvalue weighted by atomic mass is 9.97. The molecule has 4 nitrogen and oxygen atoms in total. The maximum absolute atomic E-state index is 6.62. The highest BCUT2D eigenvalue weighted by Gasteiger charge is 2.19. The lowest BCUT2D eigenvalue weighted by molar-refractivity contribution is 0.670. The Morgan fingerprint density at radius 1 is 0.362 bits per heavy atom. The molecule has 0 atom stereocenters. The van der Waals surface area contributed by atoms with Crippen LogP contribution in [-0.4, -0.2) is 15.0 Å². The Bertz CT molecular complexity index is 2540. The molecule has 47 heavy (non-hydrogen) atoms. The van der Waals surface area contributed by atoms with E-state index in [0.29, 0.717) is 17.5 Å². The fraction of sp³-hybridized carbons (Fsp3) is 0. The fourth-order valence-corrected chi connectivity index (χ4v) is 6.40. The van der Waals surface area contributed by atoms with Gasteiger partial charge in [-0.15, -0.1) is 0 Å². The lowest BCUT2D eigenvalue weighted by Crippen LogP contribution is -2.00. The normalized spacial score (nSPS) is 11.4. The van der Waals surface area contributed by atoms with Gasteiger partial charge in [0.05, 0.1) is 0 Å². The van der Waals surface area contributed by atoms with Crippen LogP contribution in [0.15, 0.2) is 168 Å². The lowest BCUT2D eigenvalue weighted by Gasteiger charge is -2.11. The second kappa shape index (κ2) is 11.2. The molecular weight excluding hydrogens is 574 g/mol. The topological polar surface area (TPSA) is 51.8 Å². The van der Waals surface area contributed by atoms with E-state index in [4.69, 9.17) is 19.4 Å². The number of benzene rings is 7. The molecule has 2 aromatic heterocycles. The summed E-state index contributed by atoms with van der Waals surface area (Å²) in [6.07, 6.45) is 0. The van der Waals surface area contributed by atoms with Crippen LogP contribution in [0.3, 0.4) is 0 Å². The van der Waals surface area contributed by atoms with E-state index in [1.807, 2.05) is 42.5 Å². The SMILES string of the molecule is c1ccc(-c2ccc(-c3nc(-c4ccccc4)nc(-c4cc(-c5ccccc5)c5oc6ccc7ccccc7c6c5c4)n3)cc2)cc1. The van der Waals surface area contributed by atoms with Gasteiger partial charge in [0.15, 0.2) is 17.5 Å². The molecule has 0 aliphatic rings. The Hall–Kier alpha value is -6.39. The molecule has 2 heterocycles. The van der Waals surface area contributed by atoms with E-state index in [1.165, 1.54) is 10.9 Å². The molecule has 0 aliphatic carbocycles. The van der Waals surface area contributed by atoms with Crippen LogP contribution in [0.1, 0.15) is 0 Å². The Morgan fingerprint density at radius 2 is 0.872 bits per heavy atom. The third-order valence-electron chi connectivity index (χ3n) is 8.72. The van der Waals surface area contributed by atoms with Gasteiger partial charge in [-0.3, -0.25) is 0 Å². The zero-order chi connectivity index (χ0) is 31.2. The van der Waals surface area contributed by atoms with Crippen LogP contribution >= 0.6 is 0 Å². The average Bonchev–Trinajstić information content (AvgIpc) is 3.55. The third-order valence-corrected chi connectivity index (χ3v) is 8.72. The number of rotatable bonds is 5. The first-order valence-electron chi connectivity index (χ1n) is 15.7. The highest BCUT2D eigenvalue weighted by atomic mass is 16.3. The molecule has 0 saturated heterocycles. The first-order chi connectivity index (χ1) is 23.3. The number of nitrogens with zero attached hydrogens (tertiary/aromatic N) is 3. The van der Waals surface area contributed by atoms with E-state index >= 15 is 0 Å². The van der Waals surface area contributed by atoms with E-state index in [-0.39, 0.29) is 0 Å². The largest absolute Gasteiger partial charge is 0.455 e. The van der Waals surface area contributed by atoms with E-state index in [0.717, 1.165) is 60.7 Å². The van der Waals surface area contributed by atoms with Crippen LogP contribution in [0.5, 0.6) is 0 Å². The zero-order valence-electron chi connectivity index (χ0n) is 25.3. The van der Waals surface area contributed by atoms with Gasteiger partial charge in [0, 0.05) is 33.0 Å². The van der Waals surface area contributed by atoms with Crippen molar-refractivity contribution in [3.8, 4) is 56.4 Å². The van der Waals surface area contributed by atoms with Gasteiger partial charge in [0.2, 0.25) is 0 Å². The molecule has 9 rings (SSSR count). The summed E-state index contributed by atoms with van der Waals surface area (Å²) in [5, 5.41) is 4.44. The predicted molar refractivity (Wildman–Crippen MR) is 192 cm³/mol. The van der Waals surface area contributed by atoms with Gasteiger partial charge >= 0.3 is 0 Å². The van der Waals surface area contributed by atoms with Crippen LogP contribution in [0.4, 0.5) is 0 Å². The summed E-state index contributed by atoms with van der Waals surface area (Å²) >= 11 is 0. The molecule has 0 aliphatic heterocycles. The third kappa shape index (κ3) is 4.84. The molecule has 9 aromatic rings. The van der Waals surface area contributed by atoms with Crippen molar-refractivity contribution in [3.63, 3.8) is 0 Å². The summed E-state index contributed by atoms with van der Waals surface area (Å²) in [7, 11) is 0. The van der Waals surface area contributed by atoms with Gasteiger partial charge in [-0.25, -0.2) is 15.0 Å². The van der Waals surface area contributed by atoms with Crippen molar-refractivity contribution in [2.75, 3.05) is 0 Å². The quantitative estimate of drug-likeness (QED) is 0.197. The minimum absolute atomic E-state index is 0.606. The average molecular weight is 602 g/mol. The highest BCUT2D eigenvalue weighted by molar-refractivity contribution is 6.21. The van der Waals surface area contributed by atoms with Gasteiger partial charge in [-0.1, -0.05) is 146 Å². The van der Waals surface area contributed by atoms with Gasteiger partial charge in [0.1, 0.15) is 11.2 Å². The van der Waals surface area contributed by atoms with Gasteiger partial charge in [-0.2, -0.15) is 0 Å². The minimum atomic E-state index is 0.606. The molecule has 7 aromatic carbocycles. The molecule has 0 spiro atoms. The Kier molecular flexibility index (Phi) is 6.43. The summed E-state index contributed by atoms with van der Waals surface area (Å²) in [4.78, 5) is 15.2. The zero-order valence-corrected chi connectivity index (χ0v) is 25.3. The summed E-state index contributed by atoms with van der Waals surface area (Å²) in [6, 6.07) is 56.2. The van der Waals surface area contributed by atoms with Gasteiger partial charge in [0.25, 0.3) is 0 Å². The molecule has 0 saturated carbocycles. The number of furan rings is 1. The Balaban J connectivity index is 1.29. The molecule has 0 bridgehead atoms. The maximum Gasteiger partial charge on any atom is 0.164 e. The second-order valence-corrected chi connectivity index (χ2v) is 11.6. The molecule has 0 unspecified atom stereocenters. The Labute approximate surface area is 271 Å². The molecule has 0 amide bonds. The van der Waals surface area contributed by atoms with Gasteiger partial charge in [-0.05, 0) is 45.7 Å². The minimum Gasteiger partial charge on any atom is -0.455 e. The molecule has 0 N–H and O–H groups in total. The summed E-state index contributed by atoms with van der Waals surface area (Å²) < 4.78 is 6.62. The molecule has 0 radical (unpaired) electrons. The first kappa shape index (κ1) is 27.0.